The third-order valence-electron chi connectivity index (χ3n) is 3.25. The van der Waals surface area contributed by atoms with Crippen molar-refractivity contribution in [3.63, 3.8) is 0 Å². The maximum absolute atomic E-state index is 10.5. The summed E-state index contributed by atoms with van der Waals surface area (Å²) < 4.78 is 0. The van der Waals surface area contributed by atoms with E-state index in [9.17, 15) is 4.79 Å². The van der Waals surface area contributed by atoms with Gasteiger partial charge in [0.2, 0.25) is 0 Å². The highest BCUT2D eigenvalue weighted by atomic mass is 16.4. The van der Waals surface area contributed by atoms with Crippen LogP contribution in [0, 0.1) is 11.8 Å². The summed E-state index contributed by atoms with van der Waals surface area (Å²) in [6, 6.07) is 0. The van der Waals surface area contributed by atoms with Crippen molar-refractivity contribution in [2.75, 3.05) is 0 Å². The van der Waals surface area contributed by atoms with E-state index in [1.54, 1.807) is 0 Å². The van der Waals surface area contributed by atoms with E-state index in [2.05, 4.69) is 6.92 Å². The summed E-state index contributed by atoms with van der Waals surface area (Å²) in [6.45, 7) is 2.24. The van der Waals surface area contributed by atoms with Gasteiger partial charge >= 0.3 is 5.97 Å². The molecule has 0 amide bonds. The third kappa shape index (κ3) is 3.79. The van der Waals surface area contributed by atoms with Crippen molar-refractivity contribution in [2.24, 2.45) is 11.8 Å². The largest absolute Gasteiger partial charge is 0.481 e. The molecule has 2 atom stereocenters. The van der Waals surface area contributed by atoms with E-state index < -0.39 is 5.97 Å². The van der Waals surface area contributed by atoms with Crippen LogP contribution in [0.15, 0.2) is 0 Å². The molecule has 1 rings (SSSR count). The Kier molecular flexibility index (Phi) is 4.26. The zero-order valence-electron chi connectivity index (χ0n) is 8.46. The van der Waals surface area contributed by atoms with Gasteiger partial charge in [-0.15, -0.1) is 0 Å². The standard InChI is InChI=1S/C11H20O2/c1-2-9-4-3-5-10(7-6-9)8-11(12)13/h9-10H,2-8H2,1H3,(H,12,13). The predicted molar refractivity (Wildman–Crippen MR) is 52.6 cm³/mol. The van der Waals surface area contributed by atoms with Crippen LogP contribution in [0.1, 0.15) is 51.9 Å². The monoisotopic (exact) mass is 184 g/mol. The van der Waals surface area contributed by atoms with Gasteiger partial charge < -0.3 is 5.11 Å². The van der Waals surface area contributed by atoms with Gasteiger partial charge in [0, 0.05) is 6.42 Å². The Morgan fingerprint density at radius 1 is 1.23 bits per heavy atom. The molecule has 1 aliphatic rings. The van der Waals surface area contributed by atoms with Crippen LogP contribution in [-0.2, 0) is 4.79 Å². The van der Waals surface area contributed by atoms with Crippen LogP contribution < -0.4 is 0 Å². The number of aliphatic carboxylic acids is 1. The Hall–Kier alpha value is -0.530. The lowest BCUT2D eigenvalue weighted by molar-refractivity contribution is -0.138. The molecule has 0 aromatic heterocycles. The molecule has 2 unspecified atom stereocenters. The molecule has 0 heterocycles. The summed E-state index contributed by atoms with van der Waals surface area (Å²) in [5, 5.41) is 8.68. The van der Waals surface area contributed by atoms with Crippen molar-refractivity contribution in [1.82, 2.24) is 0 Å². The van der Waals surface area contributed by atoms with Crippen LogP contribution in [0.25, 0.3) is 0 Å². The fourth-order valence-corrected chi connectivity index (χ4v) is 2.31. The first kappa shape index (κ1) is 10.6. The Morgan fingerprint density at radius 2 is 1.85 bits per heavy atom. The van der Waals surface area contributed by atoms with Gasteiger partial charge in [-0.1, -0.05) is 32.6 Å². The molecule has 76 valence electrons. The maximum Gasteiger partial charge on any atom is 0.303 e. The van der Waals surface area contributed by atoms with E-state index in [0.717, 1.165) is 18.8 Å². The molecule has 1 aliphatic carbocycles. The fraction of sp³-hybridized carbons (Fsp3) is 0.909. The number of carbonyl (C=O) groups is 1. The smallest absolute Gasteiger partial charge is 0.303 e. The van der Waals surface area contributed by atoms with Gasteiger partial charge in [-0.05, 0) is 24.7 Å². The topological polar surface area (TPSA) is 37.3 Å². The third-order valence-corrected chi connectivity index (χ3v) is 3.25. The molecule has 2 nitrogen and oxygen atoms in total. The Morgan fingerprint density at radius 3 is 2.46 bits per heavy atom. The molecule has 0 radical (unpaired) electrons. The SMILES string of the molecule is CCC1CCCC(CC(=O)O)CC1. The molecule has 0 aromatic carbocycles. The van der Waals surface area contributed by atoms with Gasteiger partial charge in [0.15, 0.2) is 0 Å². The molecule has 2 heteroatoms. The Bertz CT molecular complexity index is 165. The van der Waals surface area contributed by atoms with Gasteiger partial charge in [-0.25, -0.2) is 0 Å². The average Bonchev–Trinajstić information content (AvgIpc) is 2.29. The minimum absolute atomic E-state index is 0.385. The second kappa shape index (κ2) is 5.25. The zero-order chi connectivity index (χ0) is 9.68. The second-order valence-electron chi connectivity index (χ2n) is 4.25. The molecular formula is C11H20O2. The first-order valence-electron chi connectivity index (χ1n) is 5.44. The van der Waals surface area contributed by atoms with Crippen LogP contribution in [-0.4, -0.2) is 11.1 Å². The summed E-state index contributed by atoms with van der Waals surface area (Å²) in [5.74, 6) is 0.688. The van der Waals surface area contributed by atoms with Crippen LogP contribution in [0.5, 0.6) is 0 Å². The Labute approximate surface area is 80.3 Å². The minimum atomic E-state index is -0.625. The molecule has 1 N–H and O–H groups in total. The Balaban J connectivity index is 2.31. The summed E-state index contributed by atoms with van der Waals surface area (Å²) in [7, 11) is 0. The normalized spacial score (nSPS) is 29.6. The number of carboxylic acid groups (broad SMARTS) is 1. The highest BCUT2D eigenvalue weighted by molar-refractivity contribution is 5.66. The molecule has 1 saturated carbocycles. The first-order valence-corrected chi connectivity index (χ1v) is 5.44. The van der Waals surface area contributed by atoms with Gasteiger partial charge in [-0.2, -0.15) is 0 Å². The van der Waals surface area contributed by atoms with Gasteiger partial charge in [0.1, 0.15) is 0 Å². The minimum Gasteiger partial charge on any atom is -0.481 e. The van der Waals surface area contributed by atoms with Crippen molar-refractivity contribution in [3.8, 4) is 0 Å². The molecular weight excluding hydrogens is 164 g/mol. The highest BCUT2D eigenvalue weighted by Gasteiger charge is 2.19. The quantitative estimate of drug-likeness (QED) is 0.684. The second-order valence-corrected chi connectivity index (χ2v) is 4.25. The molecule has 0 saturated heterocycles. The average molecular weight is 184 g/mol. The number of hydrogen-bond acceptors (Lipinski definition) is 1. The molecule has 13 heavy (non-hydrogen) atoms. The van der Waals surface area contributed by atoms with Crippen LogP contribution >= 0.6 is 0 Å². The van der Waals surface area contributed by atoms with Crippen molar-refractivity contribution in [3.05, 3.63) is 0 Å². The van der Waals surface area contributed by atoms with Crippen molar-refractivity contribution in [1.29, 1.82) is 0 Å². The van der Waals surface area contributed by atoms with E-state index >= 15 is 0 Å². The van der Waals surface area contributed by atoms with E-state index in [1.807, 2.05) is 0 Å². The highest BCUT2D eigenvalue weighted by Crippen LogP contribution is 2.30. The van der Waals surface area contributed by atoms with Crippen molar-refractivity contribution >= 4 is 5.97 Å². The fourth-order valence-electron chi connectivity index (χ4n) is 2.31. The lowest BCUT2D eigenvalue weighted by atomic mass is 9.94. The summed E-state index contributed by atoms with van der Waals surface area (Å²) >= 11 is 0. The maximum atomic E-state index is 10.5. The lowest BCUT2D eigenvalue weighted by Gasteiger charge is -2.11. The number of hydrogen-bond donors (Lipinski definition) is 1. The number of carboxylic acids is 1. The van der Waals surface area contributed by atoms with Gasteiger partial charge in [0.05, 0.1) is 0 Å². The first-order chi connectivity index (χ1) is 6.22. The predicted octanol–water partition coefficient (Wildman–Crippen LogP) is 3.07. The van der Waals surface area contributed by atoms with Crippen molar-refractivity contribution < 1.29 is 9.90 Å². The molecule has 0 bridgehead atoms. The van der Waals surface area contributed by atoms with E-state index in [4.69, 9.17) is 5.11 Å². The van der Waals surface area contributed by atoms with Crippen molar-refractivity contribution in [2.45, 2.75) is 51.9 Å². The van der Waals surface area contributed by atoms with E-state index in [0.29, 0.717) is 12.3 Å². The summed E-state index contributed by atoms with van der Waals surface area (Å²) in [6.07, 6.45) is 7.70. The molecule has 0 spiro atoms. The van der Waals surface area contributed by atoms with E-state index in [1.165, 1.54) is 25.7 Å². The van der Waals surface area contributed by atoms with Crippen LogP contribution in [0.2, 0.25) is 0 Å². The van der Waals surface area contributed by atoms with Gasteiger partial charge in [-0.3, -0.25) is 4.79 Å². The van der Waals surface area contributed by atoms with Gasteiger partial charge in [0.25, 0.3) is 0 Å². The lowest BCUT2D eigenvalue weighted by Crippen LogP contribution is -2.06. The summed E-state index contributed by atoms with van der Waals surface area (Å²) in [5.41, 5.74) is 0. The molecule has 0 aliphatic heterocycles. The van der Waals surface area contributed by atoms with Crippen LogP contribution in [0.3, 0.4) is 0 Å². The summed E-state index contributed by atoms with van der Waals surface area (Å²) in [4.78, 5) is 10.5. The van der Waals surface area contributed by atoms with E-state index in [-0.39, 0.29) is 0 Å². The molecule has 0 aromatic rings. The number of rotatable bonds is 3. The zero-order valence-corrected chi connectivity index (χ0v) is 8.46. The van der Waals surface area contributed by atoms with Crippen LogP contribution in [0.4, 0.5) is 0 Å². The molecule has 1 fully saturated rings.